The van der Waals surface area contributed by atoms with Gasteiger partial charge in [0.05, 0.1) is 14.2 Å². The molecule has 0 spiro atoms. The summed E-state index contributed by atoms with van der Waals surface area (Å²) in [6.07, 6.45) is 2.99. The zero-order valence-corrected chi connectivity index (χ0v) is 13.2. The first-order valence-corrected chi connectivity index (χ1v) is 7.08. The van der Waals surface area contributed by atoms with Gasteiger partial charge in [-0.05, 0) is 36.0 Å². The molecule has 5 heteroatoms. The van der Waals surface area contributed by atoms with Gasteiger partial charge in [0.1, 0.15) is 0 Å². The smallest absolute Gasteiger partial charge is 0.406 e. The van der Waals surface area contributed by atoms with Crippen molar-refractivity contribution in [2.45, 2.75) is 46.5 Å². The van der Waals surface area contributed by atoms with E-state index in [1.54, 1.807) is 0 Å². The molecule has 0 saturated heterocycles. The first-order valence-electron chi connectivity index (χ1n) is 7.08. The van der Waals surface area contributed by atoms with E-state index in [9.17, 15) is 9.59 Å². The van der Waals surface area contributed by atoms with Gasteiger partial charge in [0, 0.05) is 13.0 Å². The fourth-order valence-electron chi connectivity index (χ4n) is 3.81. The molecule has 0 radical (unpaired) electrons. The largest absolute Gasteiger partial charge is 0.469 e. The second kappa shape index (κ2) is 6.46. The summed E-state index contributed by atoms with van der Waals surface area (Å²) < 4.78 is 9.40. The van der Waals surface area contributed by atoms with Crippen molar-refractivity contribution in [3.8, 4) is 0 Å². The Morgan fingerprint density at radius 1 is 1.15 bits per heavy atom. The van der Waals surface area contributed by atoms with Crippen LogP contribution < -0.4 is 5.32 Å². The van der Waals surface area contributed by atoms with Crippen LogP contribution in [-0.2, 0) is 14.3 Å². The van der Waals surface area contributed by atoms with Gasteiger partial charge in [-0.2, -0.15) is 0 Å². The summed E-state index contributed by atoms with van der Waals surface area (Å²) in [6, 6.07) is 0. The molecule has 0 heterocycles. The Labute approximate surface area is 121 Å². The Morgan fingerprint density at radius 2 is 1.80 bits per heavy atom. The number of nitrogens with one attached hydrogen (secondary N) is 1. The Kier molecular flexibility index (Phi) is 5.42. The van der Waals surface area contributed by atoms with E-state index in [0.29, 0.717) is 18.9 Å². The lowest BCUT2D eigenvalue weighted by molar-refractivity contribution is -0.142. The highest BCUT2D eigenvalue weighted by Gasteiger charge is 2.41. The summed E-state index contributed by atoms with van der Waals surface area (Å²) in [5.41, 5.74) is 0.137. The molecule has 2 atom stereocenters. The number of hydrogen-bond donors (Lipinski definition) is 1. The fraction of sp³-hybridized carbons (Fsp3) is 0.867. The van der Waals surface area contributed by atoms with E-state index in [2.05, 4.69) is 30.8 Å². The molecular weight excluding hydrogens is 258 g/mol. The summed E-state index contributed by atoms with van der Waals surface area (Å²) in [4.78, 5) is 22.8. The van der Waals surface area contributed by atoms with Gasteiger partial charge in [-0.3, -0.25) is 4.79 Å². The Hall–Kier alpha value is -1.26. The third-order valence-electron chi connectivity index (χ3n) is 4.06. The lowest BCUT2D eigenvalue weighted by Gasteiger charge is -2.46. The first-order chi connectivity index (χ1) is 9.19. The maximum atomic E-state index is 11.5. The second-order valence-electron chi connectivity index (χ2n) is 7.05. The number of esters is 1. The number of methoxy groups -OCH3 is 2. The molecule has 1 fully saturated rings. The normalized spacial score (nSPS) is 28.6. The minimum Gasteiger partial charge on any atom is -0.469 e. The molecule has 1 aliphatic rings. The van der Waals surface area contributed by atoms with E-state index >= 15 is 0 Å². The highest BCUT2D eigenvalue weighted by molar-refractivity contribution is 5.69. The minimum atomic E-state index is -0.404. The third kappa shape index (κ3) is 5.02. The maximum Gasteiger partial charge on any atom is 0.406 e. The Balaban J connectivity index is 2.70. The lowest BCUT2D eigenvalue weighted by Crippen LogP contribution is -2.44. The van der Waals surface area contributed by atoms with Crippen molar-refractivity contribution in [3.05, 3.63) is 0 Å². The summed E-state index contributed by atoms with van der Waals surface area (Å²) in [5, 5.41) is 2.79. The molecule has 20 heavy (non-hydrogen) atoms. The van der Waals surface area contributed by atoms with Crippen LogP contribution in [0.15, 0.2) is 0 Å². The Bertz CT molecular complexity index is 367. The van der Waals surface area contributed by atoms with Gasteiger partial charge in [0.15, 0.2) is 0 Å². The van der Waals surface area contributed by atoms with Crippen LogP contribution in [0.3, 0.4) is 0 Å². The van der Waals surface area contributed by atoms with Crippen molar-refractivity contribution < 1.29 is 19.1 Å². The molecule has 2 unspecified atom stereocenters. The van der Waals surface area contributed by atoms with Crippen LogP contribution in [0.2, 0.25) is 0 Å². The van der Waals surface area contributed by atoms with Crippen LogP contribution in [0.25, 0.3) is 0 Å². The summed E-state index contributed by atoms with van der Waals surface area (Å²) in [7, 11) is 2.79. The lowest BCUT2D eigenvalue weighted by atomic mass is 9.60. The average molecular weight is 285 g/mol. The highest BCUT2D eigenvalue weighted by Crippen LogP contribution is 2.49. The molecular formula is C15H27NO4. The average Bonchev–Trinajstić information content (AvgIpc) is 2.33. The van der Waals surface area contributed by atoms with E-state index in [1.807, 2.05) is 0 Å². The number of carbonyl (C=O) groups is 2. The SMILES string of the molecule is COC(=O)CC1CC(C)(C)CC(C)(CNC(=O)OC)C1. The highest BCUT2D eigenvalue weighted by atomic mass is 16.5. The zero-order chi connectivity index (χ0) is 15.4. The van der Waals surface area contributed by atoms with Gasteiger partial charge in [-0.15, -0.1) is 0 Å². The van der Waals surface area contributed by atoms with Crippen LogP contribution in [0.1, 0.15) is 46.5 Å². The minimum absolute atomic E-state index is 0.0192. The first kappa shape index (κ1) is 16.8. The predicted octanol–water partition coefficient (Wildman–Crippen LogP) is 2.74. The monoisotopic (exact) mass is 285 g/mol. The number of alkyl carbamates (subject to hydrolysis) is 1. The van der Waals surface area contributed by atoms with Crippen molar-refractivity contribution in [1.29, 1.82) is 0 Å². The molecule has 1 saturated carbocycles. The number of ether oxygens (including phenoxy) is 2. The number of amides is 1. The zero-order valence-electron chi connectivity index (χ0n) is 13.2. The number of hydrogen-bond acceptors (Lipinski definition) is 4. The van der Waals surface area contributed by atoms with Crippen molar-refractivity contribution in [3.63, 3.8) is 0 Å². The molecule has 1 rings (SSSR count). The number of carbonyl (C=O) groups excluding carboxylic acids is 2. The molecule has 0 aliphatic heterocycles. The van der Waals surface area contributed by atoms with Gasteiger partial charge in [-0.1, -0.05) is 20.8 Å². The predicted molar refractivity (Wildman–Crippen MR) is 76.3 cm³/mol. The van der Waals surface area contributed by atoms with Crippen LogP contribution in [0, 0.1) is 16.7 Å². The topological polar surface area (TPSA) is 64.6 Å². The summed E-state index contributed by atoms with van der Waals surface area (Å²) in [6.45, 7) is 7.16. The molecule has 1 amide bonds. The summed E-state index contributed by atoms with van der Waals surface area (Å²) >= 11 is 0. The van der Waals surface area contributed by atoms with Gasteiger partial charge in [0.25, 0.3) is 0 Å². The van der Waals surface area contributed by atoms with Crippen molar-refractivity contribution >= 4 is 12.1 Å². The number of rotatable bonds is 4. The molecule has 5 nitrogen and oxygen atoms in total. The van der Waals surface area contributed by atoms with E-state index < -0.39 is 6.09 Å². The molecule has 0 aromatic rings. The Morgan fingerprint density at radius 3 is 2.35 bits per heavy atom. The van der Waals surface area contributed by atoms with E-state index in [1.165, 1.54) is 14.2 Å². The molecule has 0 bridgehead atoms. The van der Waals surface area contributed by atoms with E-state index in [0.717, 1.165) is 19.3 Å². The van der Waals surface area contributed by atoms with Gasteiger partial charge in [-0.25, -0.2) is 4.79 Å². The maximum absolute atomic E-state index is 11.5. The quantitative estimate of drug-likeness (QED) is 0.807. The van der Waals surface area contributed by atoms with Gasteiger partial charge in [0.2, 0.25) is 0 Å². The van der Waals surface area contributed by atoms with Crippen LogP contribution >= 0.6 is 0 Å². The van der Waals surface area contributed by atoms with Gasteiger partial charge >= 0.3 is 12.1 Å². The van der Waals surface area contributed by atoms with Crippen molar-refractivity contribution in [2.24, 2.45) is 16.7 Å². The van der Waals surface area contributed by atoms with Crippen LogP contribution in [0.4, 0.5) is 4.79 Å². The third-order valence-corrected chi connectivity index (χ3v) is 4.06. The standard InChI is InChI=1S/C15H27NO4/c1-14(2)7-11(6-12(17)19-4)8-15(3,9-14)10-16-13(18)20-5/h11H,6-10H2,1-5H3,(H,16,18). The fourth-order valence-corrected chi connectivity index (χ4v) is 3.81. The van der Waals surface area contributed by atoms with Gasteiger partial charge < -0.3 is 14.8 Å². The second-order valence-corrected chi connectivity index (χ2v) is 7.05. The van der Waals surface area contributed by atoms with E-state index in [4.69, 9.17) is 4.74 Å². The molecule has 1 N–H and O–H groups in total. The van der Waals surface area contributed by atoms with E-state index in [-0.39, 0.29) is 16.8 Å². The van der Waals surface area contributed by atoms with Crippen LogP contribution in [0.5, 0.6) is 0 Å². The summed E-state index contributed by atoms with van der Waals surface area (Å²) in [5.74, 6) is 0.145. The van der Waals surface area contributed by atoms with Crippen LogP contribution in [-0.4, -0.2) is 32.8 Å². The molecule has 1 aliphatic carbocycles. The molecule has 0 aromatic heterocycles. The van der Waals surface area contributed by atoms with Crippen molar-refractivity contribution in [2.75, 3.05) is 20.8 Å². The molecule has 0 aromatic carbocycles. The molecule has 116 valence electrons. The van der Waals surface area contributed by atoms with Crippen molar-refractivity contribution in [1.82, 2.24) is 5.32 Å².